The van der Waals surface area contributed by atoms with Crippen LogP contribution in [0.2, 0.25) is 0 Å². The van der Waals surface area contributed by atoms with Crippen LogP contribution in [0, 0.1) is 16.4 Å². The molecule has 4 heterocycles. The zero-order chi connectivity index (χ0) is 43.3. The van der Waals surface area contributed by atoms with Crippen molar-refractivity contribution in [1.29, 1.82) is 0 Å². The molecule has 0 spiro atoms. The van der Waals surface area contributed by atoms with Crippen LogP contribution < -0.4 is 143 Å². The van der Waals surface area contributed by atoms with Gasteiger partial charge in [0, 0.05) is 13.7 Å². The molecule has 318 valence electrons. The molecule has 1 aliphatic rings. The molecule has 1 saturated carbocycles. The predicted octanol–water partition coefficient (Wildman–Crippen LogP) is 5.46. The first kappa shape index (κ1) is 54.9. The van der Waals surface area contributed by atoms with Crippen molar-refractivity contribution in [3.05, 3.63) is 159 Å². The van der Waals surface area contributed by atoms with Crippen LogP contribution in [0.25, 0.3) is 61.4 Å². The van der Waals surface area contributed by atoms with Gasteiger partial charge in [-0.2, -0.15) is 0 Å². The number of aliphatic carboxylic acids is 1. The Morgan fingerprint density at radius 2 is 1.32 bits per heavy atom. The van der Waals surface area contributed by atoms with Crippen LogP contribution in [0.3, 0.4) is 0 Å². The van der Waals surface area contributed by atoms with Crippen molar-refractivity contribution in [2.24, 2.45) is 5.92 Å². The number of aryl methyl sites for hydroxylation is 1. The fourth-order valence-electron chi connectivity index (χ4n) is 7.25. The molecular formula is C46H40BrCs2CuI2N6O5. The fraction of sp³-hybridized carbons (Fsp3) is 0.130. The van der Waals surface area contributed by atoms with Crippen molar-refractivity contribution in [3.63, 3.8) is 0 Å². The molecule has 0 atom stereocenters. The second kappa shape index (κ2) is 28.0. The number of carboxylic acids is 1. The number of nitrogens with one attached hydrogen (secondary N) is 1. The van der Waals surface area contributed by atoms with Crippen LogP contribution in [0.1, 0.15) is 32.7 Å². The van der Waals surface area contributed by atoms with Crippen molar-refractivity contribution in [3.8, 4) is 5.69 Å². The molecule has 1 aliphatic carbocycles. The van der Waals surface area contributed by atoms with Crippen LogP contribution in [0.4, 0.5) is 0 Å². The van der Waals surface area contributed by atoms with E-state index in [2.05, 4.69) is 183 Å². The number of nitrogens with zero attached hydrogens (tertiary/aromatic N) is 5. The zero-order valence-electron chi connectivity index (χ0n) is 35.6. The number of rotatable bonds is 3. The van der Waals surface area contributed by atoms with Gasteiger partial charge in [-0.15, -0.1) is 0 Å². The third-order valence-electron chi connectivity index (χ3n) is 9.85. The summed E-state index contributed by atoms with van der Waals surface area (Å²) in [6, 6.07) is 49.9. The van der Waals surface area contributed by atoms with E-state index in [0.29, 0.717) is 0 Å². The first-order valence-corrected chi connectivity index (χ1v) is 23.9. The molecule has 0 unspecified atom stereocenters. The molecular weight excluding hydrogens is 1380 g/mol. The van der Waals surface area contributed by atoms with Gasteiger partial charge in [0.1, 0.15) is 0 Å². The van der Waals surface area contributed by atoms with Crippen molar-refractivity contribution < 1.29 is 177 Å². The first-order valence-electron chi connectivity index (χ1n) is 19.0. The maximum Gasteiger partial charge on any atom is 0.213 e. The van der Waals surface area contributed by atoms with Gasteiger partial charge in [0.15, 0.2) is 0 Å². The van der Waals surface area contributed by atoms with Gasteiger partial charge in [-0.05, 0) is 127 Å². The predicted molar refractivity (Wildman–Crippen MR) is 258 cm³/mol. The average molecular weight is 1420 g/mol. The zero-order valence-corrected chi connectivity index (χ0v) is 54.0. The normalized spacial score (nSPS) is 11.6. The van der Waals surface area contributed by atoms with Crippen molar-refractivity contribution in [2.45, 2.75) is 32.6 Å². The minimum absolute atomic E-state index is 0. The van der Waals surface area contributed by atoms with Gasteiger partial charge in [0.2, 0.25) is 11.6 Å². The summed E-state index contributed by atoms with van der Waals surface area (Å²) in [6.45, 7) is 1.94. The Morgan fingerprint density at radius 1 is 0.778 bits per heavy atom. The number of carboxylic acid groups (broad SMARTS) is 1. The molecule has 11 nitrogen and oxygen atoms in total. The smallest absolute Gasteiger partial charge is 0.213 e. The van der Waals surface area contributed by atoms with Crippen LogP contribution in [0.15, 0.2) is 150 Å². The van der Waals surface area contributed by atoms with Crippen molar-refractivity contribution in [1.82, 2.24) is 28.3 Å². The second-order valence-electron chi connectivity index (χ2n) is 13.8. The topological polar surface area (TPSA) is 142 Å². The van der Waals surface area contributed by atoms with Crippen LogP contribution in [0.5, 0.6) is 0 Å². The summed E-state index contributed by atoms with van der Waals surface area (Å²) in [6.07, 6.45) is 4.01. The molecule has 6 aromatic carbocycles. The van der Waals surface area contributed by atoms with Crippen LogP contribution >= 0.6 is 58.9 Å². The molecule has 2 N–H and O–H groups in total. The molecule has 17 heteroatoms. The Morgan fingerprint density at radius 3 is 1.87 bits per heavy atom. The van der Waals surface area contributed by atoms with E-state index < -0.39 is 5.97 Å². The average Bonchev–Trinajstić information content (AvgIpc) is 4.12. The van der Waals surface area contributed by atoms with Crippen molar-refractivity contribution in [2.75, 3.05) is 0 Å². The number of halogens is 3. The number of fused-ring (bicyclic) bond motifs is 10. The number of hydrogen-bond donors (Lipinski definition) is 2. The van der Waals surface area contributed by atoms with Crippen LogP contribution in [-0.2, 0) is 27.2 Å². The van der Waals surface area contributed by atoms with Gasteiger partial charge < -0.3 is 21.7 Å². The maximum absolute atomic E-state index is 10.2. The molecule has 0 saturated heterocycles. The van der Waals surface area contributed by atoms with Gasteiger partial charge in [-0.1, -0.05) is 95.5 Å². The van der Waals surface area contributed by atoms with Gasteiger partial charge >= 0.3 is 177 Å². The quantitative estimate of drug-likeness (QED) is 0.0788. The standard InChI is InChI=1S/C20H15N3.C13H9N3.C6H4BrI.C6H10O2.CH2O3.2Cs.Cu.HI.H/c1-14-7-6-8-15(13-14)22-18-11-4-5-12-19(18)23-17-10-3-2-9-16(17)21-20(22)23;1-3-7-11-9(5-1)14-13-15-10-6-2-4-8-12(10)16(11)13;7-5-2-1-3-6(8)4-5;7-6(8)5-3-1-2-4-5;2-1-4-3;;;;;/h2-13H,1H3;1-8H,(H,14,15);1-4H;5H,1-4H2,(H,7,8);1,3H;;;;1H;/q;;;;;3*+1;;-1/p-2. The molecule has 0 radical (unpaired) electrons. The maximum atomic E-state index is 10.2. The third-order valence-corrected chi connectivity index (χ3v) is 11.0. The number of benzene rings is 6. The molecule has 0 aliphatic heterocycles. The molecule has 0 bridgehead atoms. The van der Waals surface area contributed by atoms with Crippen LogP contribution in [-0.4, -0.2) is 45.9 Å². The third kappa shape index (κ3) is 14.2. The Kier molecular flexibility index (Phi) is 24.4. The van der Waals surface area contributed by atoms with E-state index in [4.69, 9.17) is 20.1 Å². The summed E-state index contributed by atoms with van der Waals surface area (Å²) in [5.41, 5.74) is 11.4. The van der Waals surface area contributed by atoms with E-state index in [1.54, 1.807) is 20.3 Å². The van der Waals surface area contributed by atoms with E-state index in [1.807, 2.05) is 48.5 Å². The fourth-order valence-corrected chi connectivity index (χ4v) is 8.62. The van der Waals surface area contributed by atoms with Gasteiger partial charge in [0.05, 0.1) is 50.1 Å². The summed E-state index contributed by atoms with van der Waals surface area (Å²) >= 11 is 11.5. The van der Waals surface area contributed by atoms with E-state index in [0.717, 1.165) is 75.0 Å². The largest absolute Gasteiger partial charge is 1.00 e. The SMILES string of the molecule is Brc1cccc(I)c1.Cc1cccc(-n2c3ccccc3n3c4ccccc4nc23)c1.O=C(O)C1CCCC1.O=CO[O-].[Cs+].[Cs+].[Cu][I].[H-].c1ccc2c(c1)nc1[nH]c3ccccc3n12. The Hall–Kier alpha value is -0.677. The number of carbonyl (C=O) groups excluding carboxylic acids is 1. The number of aromatic amines is 1. The summed E-state index contributed by atoms with van der Waals surface area (Å²) < 4.78 is 9.04. The Labute approximate surface area is 525 Å². The van der Waals surface area contributed by atoms with Gasteiger partial charge in [0.25, 0.3) is 6.47 Å². The van der Waals surface area contributed by atoms with E-state index in [-0.39, 0.29) is 152 Å². The van der Waals surface area contributed by atoms with Crippen molar-refractivity contribution >= 4 is 127 Å². The summed E-state index contributed by atoms with van der Waals surface area (Å²) in [5, 5.41) is 16.8. The first-order chi connectivity index (χ1) is 29.8. The molecule has 4 aromatic heterocycles. The molecule has 0 amide bonds. The van der Waals surface area contributed by atoms with E-state index in [1.165, 1.54) is 25.7 Å². The number of aromatic nitrogens is 6. The monoisotopic (exact) mass is 1420 g/mol. The molecule has 1 fully saturated rings. The summed E-state index contributed by atoms with van der Waals surface area (Å²) in [5.74, 6) is 1.23. The number of hydrogen-bond acceptors (Lipinski definition) is 6. The van der Waals surface area contributed by atoms with E-state index >= 15 is 0 Å². The molecule has 11 rings (SSSR count). The number of carbonyl (C=O) groups is 2. The minimum atomic E-state index is -0.609. The number of H-pyrrole nitrogens is 1. The van der Waals surface area contributed by atoms with E-state index in [9.17, 15) is 4.79 Å². The van der Waals surface area contributed by atoms with Gasteiger partial charge in [-0.3, -0.25) is 23.0 Å². The molecule has 10 aromatic rings. The number of para-hydroxylation sites is 8. The Balaban J connectivity index is 0.000000232. The summed E-state index contributed by atoms with van der Waals surface area (Å²) in [4.78, 5) is 34.2. The minimum Gasteiger partial charge on any atom is -1.00 e. The second-order valence-corrected chi connectivity index (χ2v) is 15.9. The van der Waals surface area contributed by atoms with Gasteiger partial charge in [-0.25, -0.2) is 9.97 Å². The molecule has 63 heavy (non-hydrogen) atoms. The summed E-state index contributed by atoms with van der Waals surface area (Å²) in [7, 11) is 0. The Bertz CT molecular complexity index is 2970. The number of imidazole rings is 4.